The summed E-state index contributed by atoms with van der Waals surface area (Å²) in [7, 11) is -1.35. The molecular formula is C58H54IrN4O2Si-2. The third-order valence-electron chi connectivity index (χ3n) is 13.2. The van der Waals surface area contributed by atoms with Gasteiger partial charge in [0.1, 0.15) is 5.58 Å². The number of pyridine rings is 2. The summed E-state index contributed by atoms with van der Waals surface area (Å²) in [5.41, 5.74) is 14.4. The van der Waals surface area contributed by atoms with Crippen LogP contribution in [0.25, 0.3) is 94.1 Å². The maximum Gasteiger partial charge on any atom is 0.216 e. The van der Waals surface area contributed by atoms with E-state index in [0.717, 1.165) is 90.5 Å². The molecule has 0 aliphatic rings. The number of furan rings is 2. The fourth-order valence-electron chi connectivity index (χ4n) is 9.23. The topological polar surface area (TPSA) is 69.9 Å². The van der Waals surface area contributed by atoms with E-state index in [1.54, 1.807) is 0 Å². The Morgan fingerprint density at radius 2 is 1.44 bits per heavy atom. The summed E-state index contributed by atoms with van der Waals surface area (Å²) in [4.78, 5) is 14.4. The largest absolute Gasteiger partial charge is 0.500 e. The average molecular weight is 1060 g/mol. The van der Waals surface area contributed by atoms with Gasteiger partial charge in [-0.25, -0.2) is 4.98 Å². The minimum Gasteiger partial charge on any atom is -0.500 e. The number of hydrogen-bond donors (Lipinski definition) is 0. The summed E-state index contributed by atoms with van der Waals surface area (Å²) in [6.45, 7) is 20.4. The monoisotopic (exact) mass is 1060 g/mol. The Hall–Kier alpha value is -6.18. The van der Waals surface area contributed by atoms with E-state index < -0.39 is 8.07 Å². The normalized spacial score (nSPS) is 12.8. The molecule has 2 atom stereocenters. The van der Waals surface area contributed by atoms with Gasteiger partial charge in [0.15, 0.2) is 0 Å². The minimum absolute atomic E-state index is 0. The predicted molar refractivity (Wildman–Crippen MR) is 274 cm³/mol. The van der Waals surface area contributed by atoms with Gasteiger partial charge < -0.3 is 18.4 Å². The molecule has 0 spiro atoms. The number of para-hydroxylation sites is 2. The van der Waals surface area contributed by atoms with Gasteiger partial charge in [-0.3, -0.25) is 4.98 Å². The Labute approximate surface area is 401 Å². The molecule has 11 aromatic rings. The number of fused-ring (bicyclic) bond motifs is 9. The number of aryl methyl sites for hydroxylation is 2. The number of benzene rings is 6. The Kier molecular flexibility index (Phi) is 12.2. The summed E-state index contributed by atoms with van der Waals surface area (Å²) in [6.07, 6.45) is 4.15. The molecule has 6 nitrogen and oxygen atoms in total. The van der Waals surface area contributed by atoms with Crippen LogP contribution in [-0.2, 0) is 20.1 Å². The van der Waals surface area contributed by atoms with Crippen molar-refractivity contribution in [3.05, 3.63) is 162 Å². The van der Waals surface area contributed by atoms with Crippen molar-refractivity contribution < 1.29 is 28.9 Å². The first kappa shape index (κ1) is 45.0. The fourth-order valence-corrected chi connectivity index (χ4v) is 10.3. The molecule has 11 rings (SSSR count). The van der Waals surface area contributed by atoms with Crippen molar-refractivity contribution in [2.75, 3.05) is 0 Å². The van der Waals surface area contributed by atoms with Gasteiger partial charge in [-0.2, -0.15) is 0 Å². The molecule has 6 aromatic carbocycles. The van der Waals surface area contributed by atoms with E-state index in [2.05, 4.69) is 178 Å². The zero-order valence-corrected chi connectivity index (χ0v) is 42.5. The van der Waals surface area contributed by atoms with Gasteiger partial charge in [-0.05, 0) is 102 Å². The Balaban J connectivity index is 0.000000187. The van der Waals surface area contributed by atoms with Crippen molar-refractivity contribution in [3.63, 3.8) is 0 Å². The van der Waals surface area contributed by atoms with E-state index in [1.807, 2.05) is 37.4 Å². The Bertz CT molecular complexity index is 3550. The second-order valence-corrected chi connectivity index (χ2v) is 23.8. The number of rotatable bonds is 8. The van der Waals surface area contributed by atoms with Crippen molar-refractivity contribution in [3.8, 4) is 28.3 Å². The molecule has 66 heavy (non-hydrogen) atoms. The minimum atomic E-state index is -1.35. The fraction of sp³-hybridized carbons (Fsp3) is 0.224. The van der Waals surface area contributed by atoms with Gasteiger partial charge >= 0.3 is 0 Å². The van der Waals surface area contributed by atoms with Crippen molar-refractivity contribution in [2.45, 2.75) is 85.9 Å². The molecule has 0 saturated heterocycles. The van der Waals surface area contributed by atoms with Crippen LogP contribution in [0.3, 0.4) is 0 Å². The van der Waals surface area contributed by atoms with Crippen LogP contribution >= 0.6 is 0 Å². The van der Waals surface area contributed by atoms with E-state index in [9.17, 15) is 0 Å². The van der Waals surface area contributed by atoms with Gasteiger partial charge in [0, 0.05) is 48.5 Å². The molecule has 0 fully saturated rings. The van der Waals surface area contributed by atoms with E-state index in [-0.39, 0.29) is 20.1 Å². The Morgan fingerprint density at radius 3 is 2.17 bits per heavy atom. The summed E-state index contributed by atoms with van der Waals surface area (Å²) in [5, 5.41) is 8.09. The van der Waals surface area contributed by atoms with E-state index in [1.165, 1.54) is 38.3 Å². The molecule has 0 aliphatic carbocycles. The van der Waals surface area contributed by atoms with Crippen LogP contribution in [0.5, 0.6) is 0 Å². The SMILES string of the molecule is CCC(C)c1cc(C)cc(C(C)CC)c1-n1c(-c2[c-]cc3oc4ccc5ccccc5c4c3c2)nc2ccccc21.Cc1ccc2c(n1)oc1c(-c3ccc([Si](C)(C)C)cn3)[c-]ccc12.[Ir]. The second kappa shape index (κ2) is 17.9. The van der Waals surface area contributed by atoms with Crippen molar-refractivity contribution in [1.29, 1.82) is 0 Å². The molecule has 0 aliphatic heterocycles. The predicted octanol–water partition coefficient (Wildman–Crippen LogP) is 15.6. The molecule has 333 valence electrons. The summed E-state index contributed by atoms with van der Waals surface area (Å²) < 4.78 is 14.8. The van der Waals surface area contributed by atoms with Crippen molar-refractivity contribution in [1.82, 2.24) is 19.5 Å². The first-order chi connectivity index (χ1) is 31.4. The van der Waals surface area contributed by atoms with Gasteiger partial charge in [0.2, 0.25) is 5.71 Å². The molecule has 0 saturated carbocycles. The van der Waals surface area contributed by atoms with Gasteiger partial charge in [-0.15, -0.1) is 42.0 Å². The van der Waals surface area contributed by atoms with Crippen LogP contribution in [0.2, 0.25) is 19.6 Å². The van der Waals surface area contributed by atoms with Crippen LogP contribution in [0, 0.1) is 26.0 Å². The molecule has 0 amide bonds. The number of aromatic nitrogens is 4. The van der Waals surface area contributed by atoms with E-state index in [4.69, 9.17) is 13.8 Å². The molecule has 8 heteroatoms. The molecule has 0 N–H and O–H groups in total. The standard InChI is InChI=1S/C38H35N2O.C20H19N2OSi.Ir/c1-6-24(4)29-20-23(3)21-30(25(5)7-2)37(29)40-33-15-11-10-14-32(33)39-38(40)27-17-18-34-31(22-27)36-28-13-9-8-12-26(28)16-19-35(36)41-34;1-13-8-10-16-15-6-5-7-17(19(15)23-20(16)22-13)18-11-9-14(12-21-18)24(2,3)4;/h8-16,18-22,24-25H,6-7H2,1-5H3;5-6,8-12H,1-4H3;/q2*-1;. The van der Waals surface area contributed by atoms with Gasteiger partial charge in [0.05, 0.1) is 36.1 Å². The maximum atomic E-state index is 6.31. The third kappa shape index (κ3) is 7.99. The number of imidazole rings is 1. The van der Waals surface area contributed by atoms with Gasteiger partial charge in [0.25, 0.3) is 0 Å². The molecular weight excluding hydrogens is 1000 g/mol. The van der Waals surface area contributed by atoms with Crippen LogP contribution in [0.15, 0.2) is 136 Å². The third-order valence-corrected chi connectivity index (χ3v) is 15.3. The molecule has 0 bridgehead atoms. The van der Waals surface area contributed by atoms with Crippen LogP contribution < -0.4 is 5.19 Å². The van der Waals surface area contributed by atoms with Gasteiger partial charge in [-0.1, -0.05) is 136 Å². The average Bonchev–Trinajstić information content (AvgIpc) is 4.01. The summed E-state index contributed by atoms with van der Waals surface area (Å²) >= 11 is 0. The molecule has 1 radical (unpaired) electrons. The zero-order chi connectivity index (χ0) is 45.1. The maximum absolute atomic E-state index is 6.31. The smallest absolute Gasteiger partial charge is 0.216 e. The van der Waals surface area contributed by atoms with E-state index >= 15 is 0 Å². The summed E-state index contributed by atoms with van der Waals surface area (Å²) in [6, 6.07) is 49.4. The first-order valence-electron chi connectivity index (χ1n) is 23.0. The van der Waals surface area contributed by atoms with Crippen molar-refractivity contribution >= 4 is 79.1 Å². The quantitative estimate of drug-likeness (QED) is 0.112. The van der Waals surface area contributed by atoms with Crippen LogP contribution in [-0.4, -0.2) is 27.6 Å². The second-order valence-electron chi connectivity index (χ2n) is 18.7. The van der Waals surface area contributed by atoms with Crippen LogP contribution in [0.1, 0.15) is 74.8 Å². The first-order valence-corrected chi connectivity index (χ1v) is 26.5. The number of hydrogen-bond acceptors (Lipinski definition) is 5. The molecule has 5 aromatic heterocycles. The Morgan fingerprint density at radius 1 is 0.697 bits per heavy atom. The summed E-state index contributed by atoms with van der Waals surface area (Å²) in [5.74, 6) is 1.75. The van der Waals surface area contributed by atoms with E-state index in [0.29, 0.717) is 17.5 Å². The van der Waals surface area contributed by atoms with Crippen LogP contribution in [0.4, 0.5) is 0 Å². The number of nitrogens with zero attached hydrogens (tertiary/aromatic N) is 4. The zero-order valence-electron chi connectivity index (χ0n) is 39.1. The molecule has 5 heterocycles. The van der Waals surface area contributed by atoms with Crippen molar-refractivity contribution in [2.24, 2.45) is 0 Å². The molecule has 2 unspecified atom stereocenters.